The van der Waals surface area contributed by atoms with E-state index in [0.29, 0.717) is 42.8 Å². The van der Waals surface area contributed by atoms with Crippen molar-refractivity contribution >= 4 is 16.8 Å². The number of amides is 1. The van der Waals surface area contributed by atoms with Gasteiger partial charge in [0.05, 0.1) is 29.4 Å². The van der Waals surface area contributed by atoms with Crippen LogP contribution in [0.5, 0.6) is 0 Å². The van der Waals surface area contributed by atoms with Gasteiger partial charge >= 0.3 is 0 Å². The van der Waals surface area contributed by atoms with E-state index >= 15 is 0 Å². The lowest BCUT2D eigenvalue weighted by Gasteiger charge is -2.38. The van der Waals surface area contributed by atoms with Gasteiger partial charge in [0.25, 0.3) is 5.56 Å². The highest BCUT2D eigenvalue weighted by molar-refractivity contribution is 5.83. The second kappa shape index (κ2) is 7.61. The lowest BCUT2D eigenvalue weighted by molar-refractivity contribution is -0.137. The van der Waals surface area contributed by atoms with E-state index in [2.05, 4.69) is 17.1 Å². The Morgan fingerprint density at radius 2 is 1.90 bits per heavy atom. The highest BCUT2D eigenvalue weighted by Gasteiger charge is 2.47. The second-order valence-electron chi connectivity index (χ2n) is 9.11. The zero-order valence-corrected chi connectivity index (χ0v) is 17.7. The normalized spacial score (nSPS) is 22.5. The van der Waals surface area contributed by atoms with Crippen molar-refractivity contribution in [3.05, 3.63) is 76.3 Å². The number of carbonyl (C=O) groups excluding carboxylic acids is 1. The van der Waals surface area contributed by atoms with Gasteiger partial charge in [-0.25, -0.2) is 4.98 Å². The van der Waals surface area contributed by atoms with Gasteiger partial charge in [0.15, 0.2) is 0 Å². The van der Waals surface area contributed by atoms with E-state index < -0.39 is 5.60 Å². The van der Waals surface area contributed by atoms with Crippen LogP contribution in [0.15, 0.2) is 59.7 Å². The molecule has 1 aliphatic heterocycles. The molecule has 3 aromatic rings. The van der Waals surface area contributed by atoms with E-state index in [9.17, 15) is 14.7 Å². The van der Waals surface area contributed by atoms with Gasteiger partial charge in [-0.2, -0.15) is 0 Å². The van der Waals surface area contributed by atoms with Crippen molar-refractivity contribution in [3.8, 4) is 0 Å². The molecule has 31 heavy (non-hydrogen) atoms. The van der Waals surface area contributed by atoms with Crippen molar-refractivity contribution in [2.24, 2.45) is 5.92 Å². The number of benzene rings is 2. The first-order valence-electron chi connectivity index (χ1n) is 11.0. The molecule has 1 saturated heterocycles. The van der Waals surface area contributed by atoms with Crippen LogP contribution in [-0.4, -0.2) is 44.2 Å². The molecule has 1 amide bonds. The number of fused-ring (bicyclic) bond motifs is 1. The average molecular weight is 418 g/mol. The Bertz CT molecular complexity index is 1180. The summed E-state index contributed by atoms with van der Waals surface area (Å²) in [5.74, 6) is 0.570. The first-order valence-corrected chi connectivity index (χ1v) is 11.0. The molecule has 1 aromatic heterocycles. The Labute approximate surface area is 181 Å². The Kier molecular flexibility index (Phi) is 4.89. The molecule has 1 saturated carbocycles. The summed E-state index contributed by atoms with van der Waals surface area (Å²) in [4.78, 5) is 32.0. The summed E-state index contributed by atoms with van der Waals surface area (Å²) >= 11 is 0. The minimum atomic E-state index is -1.01. The third-order valence-electron chi connectivity index (χ3n) is 6.79. The molecule has 2 heterocycles. The van der Waals surface area contributed by atoms with Gasteiger partial charge in [0, 0.05) is 19.0 Å². The first kappa shape index (κ1) is 19.9. The van der Waals surface area contributed by atoms with Gasteiger partial charge < -0.3 is 10.0 Å². The van der Waals surface area contributed by atoms with Gasteiger partial charge in [0.2, 0.25) is 5.91 Å². The summed E-state index contributed by atoms with van der Waals surface area (Å²) in [5, 5.41) is 11.7. The van der Waals surface area contributed by atoms with Gasteiger partial charge in [-0.3, -0.25) is 14.2 Å². The molecular weight excluding hydrogens is 390 g/mol. The number of piperidine rings is 1. The van der Waals surface area contributed by atoms with E-state index in [1.54, 1.807) is 6.07 Å². The minimum Gasteiger partial charge on any atom is -0.388 e. The predicted molar refractivity (Wildman–Crippen MR) is 119 cm³/mol. The molecule has 2 aromatic carbocycles. The molecule has 0 radical (unpaired) electrons. The molecule has 0 bridgehead atoms. The van der Waals surface area contributed by atoms with E-state index in [4.69, 9.17) is 0 Å². The molecule has 160 valence electrons. The fourth-order valence-electron chi connectivity index (χ4n) is 4.77. The monoisotopic (exact) mass is 417 g/mol. The summed E-state index contributed by atoms with van der Waals surface area (Å²) < 4.78 is 1.50. The molecule has 2 fully saturated rings. The van der Waals surface area contributed by atoms with Crippen molar-refractivity contribution in [2.75, 3.05) is 13.1 Å². The SMILES string of the molecule is Cc1ccc2c(=O)n(CC3(O)CCN(C(=O)[C@H]4C[C@@H]4c4ccccc4)CC3)cnc2c1. The smallest absolute Gasteiger partial charge is 0.261 e. The molecule has 6 nitrogen and oxygen atoms in total. The van der Waals surface area contributed by atoms with Crippen molar-refractivity contribution in [3.63, 3.8) is 0 Å². The van der Waals surface area contributed by atoms with E-state index in [1.807, 2.05) is 42.2 Å². The van der Waals surface area contributed by atoms with Gasteiger partial charge in [-0.05, 0) is 55.4 Å². The lowest BCUT2D eigenvalue weighted by Crippen LogP contribution is -2.50. The van der Waals surface area contributed by atoms with Crippen LogP contribution in [0, 0.1) is 12.8 Å². The molecule has 0 unspecified atom stereocenters. The Balaban J connectivity index is 1.23. The maximum atomic E-state index is 12.9. The number of carbonyl (C=O) groups is 1. The molecule has 1 N–H and O–H groups in total. The van der Waals surface area contributed by atoms with Gasteiger partial charge in [-0.15, -0.1) is 0 Å². The van der Waals surface area contributed by atoms with Crippen LogP contribution in [0.1, 0.15) is 36.3 Å². The van der Waals surface area contributed by atoms with Crippen molar-refractivity contribution in [2.45, 2.75) is 44.2 Å². The van der Waals surface area contributed by atoms with E-state index in [1.165, 1.54) is 16.5 Å². The molecule has 2 atom stereocenters. The quantitative estimate of drug-likeness (QED) is 0.708. The minimum absolute atomic E-state index is 0.0596. The van der Waals surface area contributed by atoms with Crippen LogP contribution in [-0.2, 0) is 11.3 Å². The highest BCUT2D eigenvalue weighted by atomic mass is 16.3. The third kappa shape index (κ3) is 3.88. The van der Waals surface area contributed by atoms with Crippen LogP contribution < -0.4 is 5.56 Å². The standard InChI is InChI=1S/C25H27N3O3/c1-17-7-8-19-22(13-17)26-16-28(23(19)29)15-25(31)9-11-27(12-10-25)24(30)21-14-20(21)18-5-3-2-4-6-18/h2-8,13,16,20-21,31H,9-12,14-15H2,1H3/t20-,21+/m1/s1. The number of nitrogens with zero attached hydrogens (tertiary/aromatic N) is 3. The van der Waals surface area contributed by atoms with Crippen LogP contribution in [0.25, 0.3) is 10.9 Å². The predicted octanol–water partition coefficient (Wildman–Crippen LogP) is 2.86. The number of rotatable bonds is 4. The zero-order valence-electron chi connectivity index (χ0n) is 17.7. The van der Waals surface area contributed by atoms with Crippen molar-refractivity contribution in [1.29, 1.82) is 0 Å². The fourth-order valence-corrected chi connectivity index (χ4v) is 4.77. The van der Waals surface area contributed by atoms with Crippen LogP contribution in [0.3, 0.4) is 0 Å². The Morgan fingerprint density at radius 3 is 2.65 bits per heavy atom. The second-order valence-corrected chi connectivity index (χ2v) is 9.11. The maximum absolute atomic E-state index is 12.9. The number of aryl methyl sites for hydroxylation is 1. The lowest BCUT2D eigenvalue weighted by atomic mass is 9.91. The molecule has 2 aliphatic rings. The summed E-state index contributed by atoms with van der Waals surface area (Å²) in [7, 11) is 0. The number of hydrogen-bond acceptors (Lipinski definition) is 4. The first-order chi connectivity index (χ1) is 14.9. The van der Waals surface area contributed by atoms with Gasteiger partial charge in [-0.1, -0.05) is 36.4 Å². The summed E-state index contributed by atoms with van der Waals surface area (Å²) in [6, 6.07) is 15.8. The topological polar surface area (TPSA) is 75.4 Å². The van der Waals surface area contributed by atoms with Crippen LogP contribution in [0.2, 0.25) is 0 Å². The Morgan fingerprint density at radius 1 is 1.16 bits per heavy atom. The third-order valence-corrected chi connectivity index (χ3v) is 6.79. The molecule has 1 aliphatic carbocycles. The molecule has 0 spiro atoms. The number of hydrogen-bond donors (Lipinski definition) is 1. The van der Waals surface area contributed by atoms with Gasteiger partial charge in [0.1, 0.15) is 0 Å². The van der Waals surface area contributed by atoms with Crippen LogP contribution >= 0.6 is 0 Å². The number of aromatic nitrogens is 2. The Hall–Kier alpha value is -2.99. The van der Waals surface area contributed by atoms with E-state index in [0.717, 1.165) is 12.0 Å². The van der Waals surface area contributed by atoms with Crippen molar-refractivity contribution < 1.29 is 9.90 Å². The summed E-state index contributed by atoms with van der Waals surface area (Å²) in [5.41, 5.74) is 1.81. The number of likely N-dealkylation sites (tertiary alicyclic amines) is 1. The maximum Gasteiger partial charge on any atom is 0.261 e. The molecule has 6 heteroatoms. The summed E-state index contributed by atoms with van der Waals surface area (Å²) in [6.07, 6.45) is 3.34. The van der Waals surface area contributed by atoms with Crippen LogP contribution in [0.4, 0.5) is 0 Å². The largest absolute Gasteiger partial charge is 0.388 e. The van der Waals surface area contributed by atoms with E-state index in [-0.39, 0.29) is 23.9 Å². The highest BCUT2D eigenvalue weighted by Crippen LogP contribution is 2.48. The molecule has 5 rings (SSSR count). The fraction of sp³-hybridized carbons (Fsp3) is 0.400. The summed E-state index contributed by atoms with van der Waals surface area (Å²) in [6.45, 7) is 3.19. The number of aliphatic hydroxyl groups is 1. The average Bonchev–Trinajstić information content (AvgIpc) is 3.57. The molecular formula is C25H27N3O3. The van der Waals surface area contributed by atoms with Crippen molar-refractivity contribution in [1.82, 2.24) is 14.5 Å². The zero-order chi connectivity index (χ0) is 21.6.